The molecule has 1 amide bonds. The van der Waals surface area contributed by atoms with Crippen LogP contribution in [-0.2, 0) is 6.54 Å². The van der Waals surface area contributed by atoms with Gasteiger partial charge in [0, 0.05) is 12.7 Å². The van der Waals surface area contributed by atoms with Gasteiger partial charge in [-0.3, -0.25) is 4.79 Å². The van der Waals surface area contributed by atoms with E-state index < -0.39 is 23.2 Å². The molecular weight excluding hydrogens is 336 g/mol. The predicted octanol–water partition coefficient (Wildman–Crippen LogP) is 4.53. The van der Waals surface area contributed by atoms with Crippen LogP contribution in [0.2, 0.25) is 0 Å². The molecule has 2 N–H and O–H groups in total. The molecule has 0 fully saturated rings. The largest absolute Gasteiger partial charge is 0.366 e. The van der Waals surface area contributed by atoms with Gasteiger partial charge in [0.25, 0.3) is 5.91 Å². The van der Waals surface area contributed by atoms with Gasteiger partial charge in [-0.1, -0.05) is 35.9 Å². The molecular formula is C20H17F2N3O. The van der Waals surface area contributed by atoms with Crippen molar-refractivity contribution in [1.82, 2.24) is 4.98 Å². The SMILES string of the molecule is Cc1ccc(CNc2ccc(C(=O)Nc3c(F)cccc3F)cn2)cc1. The number of aromatic nitrogens is 1. The lowest BCUT2D eigenvalue weighted by atomic mass is 10.1. The number of aryl methyl sites for hydroxylation is 1. The molecule has 3 aromatic rings. The van der Waals surface area contributed by atoms with Crippen molar-refractivity contribution in [2.24, 2.45) is 0 Å². The van der Waals surface area contributed by atoms with Crippen molar-refractivity contribution < 1.29 is 13.6 Å². The highest BCUT2D eigenvalue weighted by Gasteiger charge is 2.13. The fourth-order valence-corrected chi connectivity index (χ4v) is 2.33. The molecule has 0 bridgehead atoms. The topological polar surface area (TPSA) is 54.0 Å². The summed E-state index contributed by atoms with van der Waals surface area (Å²) >= 11 is 0. The molecule has 6 heteroatoms. The van der Waals surface area contributed by atoms with Crippen molar-refractivity contribution in [3.63, 3.8) is 0 Å². The summed E-state index contributed by atoms with van der Waals surface area (Å²) < 4.78 is 27.2. The van der Waals surface area contributed by atoms with Crippen molar-refractivity contribution in [3.05, 3.63) is 89.1 Å². The first-order valence-corrected chi connectivity index (χ1v) is 8.04. The summed E-state index contributed by atoms with van der Waals surface area (Å²) in [5.74, 6) is -1.70. The molecule has 2 aromatic carbocycles. The van der Waals surface area contributed by atoms with E-state index in [2.05, 4.69) is 15.6 Å². The highest BCUT2D eigenvalue weighted by atomic mass is 19.1. The number of benzene rings is 2. The van der Waals surface area contributed by atoms with E-state index in [1.807, 2.05) is 31.2 Å². The maximum absolute atomic E-state index is 13.6. The monoisotopic (exact) mass is 353 g/mol. The fraction of sp³-hybridized carbons (Fsp3) is 0.100. The number of amides is 1. The van der Waals surface area contributed by atoms with Gasteiger partial charge in [0.1, 0.15) is 23.1 Å². The van der Waals surface area contributed by atoms with Gasteiger partial charge in [-0.15, -0.1) is 0 Å². The standard InChI is InChI=1S/C20H17F2N3O/c1-13-5-7-14(8-6-13)11-23-18-10-9-15(12-24-18)20(26)25-19-16(21)3-2-4-17(19)22/h2-10,12H,11H2,1H3,(H,23,24)(H,25,26). The van der Waals surface area contributed by atoms with Gasteiger partial charge >= 0.3 is 0 Å². The maximum Gasteiger partial charge on any atom is 0.257 e. The molecule has 4 nitrogen and oxygen atoms in total. The van der Waals surface area contributed by atoms with Crippen molar-refractivity contribution >= 4 is 17.4 Å². The Labute approximate surface area is 149 Å². The third-order valence-electron chi connectivity index (χ3n) is 3.82. The van der Waals surface area contributed by atoms with Crippen molar-refractivity contribution in [1.29, 1.82) is 0 Å². The molecule has 26 heavy (non-hydrogen) atoms. The van der Waals surface area contributed by atoms with Crippen LogP contribution in [0.1, 0.15) is 21.5 Å². The quantitative estimate of drug-likeness (QED) is 0.708. The van der Waals surface area contributed by atoms with Crippen molar-refractivity contribution in [2.45, 2.75) is 13.5 Å². The molecule has 0 aliphatic heterocycles. The van der Waals surface area contributed by atoms with Gasteiger partial charge in [-0.25, -0.2) is 13.8 Å². The van der Waals surface area contributed by atoms with E-state index in [0.29, 0.717) is 12.4 Å². The van der Waals surface area contributed by atoms with E-state index in [4.69, 9.17) is 0 Å². The Balaban J connectivity index is 1.63. The molecule has 0 aliphatic rings. The number of hydrogen-bond acceptors (Lipinski definition) is 3. The first-order valence-electron chi connectivity index (χ1n) is 8.04. The van der Waals surface area contributed by atoms with Crippen LogP contribution in [0, 0.1) is 18.6 Å². The Kier molecular flexibility index (Phi) is 5.22. The smallest absolute Gasteiger partial charge is 0.257 e. The summed E-state index contributed by atoms with van der Waals surface area (Å²) in [6.07, 6.45) is 1.35. The Morgan fingerprint density at radius 2 is 1.69 bits per heavy atom. The average molecular weight is 353 g/mol. The van der Waals surface area contributed by atoms with Crippen LogP contribution in [0.5, 0.6) is 0 Å². The van der Waals surface area contributed by atoms with Crippen LogP contribution in [0.4, 0.5) is 20.3 Å². The third kappa shape index (κ3) is 4.22. The Hall–Kier alpha value is -3.28. The second-order valence-corrected chi connectivity index (χ2v) is 5.82. The molecule has 0 aliphatic carbocycles. The predicted molar refractivity (Wildman–Crippen MR) is 97.1 cm³/mol. The van der Waals surface area contributed by atoms with Gasteiger partial charge < -0.3 is 10.6 Å². The molecule has 0 radical (unpaired) electrons. The first kappa shape index (κ1) is 17.5. The molecule has 0 saturated carbocycles. The lowest BCUT2D eigenvalue weighted by Gasteiger charge is -2.09. The Morgan fingerprint density at radius 3 is 2.31 bits per heavy atom. The summed E-state index contributed by atoms with van der Waals surface area (Å²) in [4.78, 5) is 16.3. The highest BCUT2D eigenvalue weighted by Crippen LogP contribution is 2.19. The second-order valence-electron chi connectivity index (χ2n) is 5.82. The number of halogens is 2. The summed E-state index contributed by atoms with van der Waals surface area (Å²) in [6.45, 7) is 2.62. The zero-order chi connectivity index (χ0) is 18.5. The lowest BCUT2D eigenvalue weighted by Crippen LogP contribution is -2.14. The fourth-order valence-electron chi connectivity index (χ4n) is 2.33. The van der Waals surface area contributed by atoms with Crippen LogP contribution < -0.4 is 10.6 Å². The number of rotatable bonds is 5. The Morgan fingerprint density at radius 1 is 1.00 bits per heavy atom. The van der Waals surface area contributed by atoms with Crippen LogP contribution in [-0.4, -0.2) is 10.9 Å². The van der Waals surface area contributed by atoms with E-state index >= 15 is 0 Å². The van der Waals surface area contributed by atoms with Gasteiger partial charge in [-0.05, 0) is 36.8 Å². The number of anilines is 2. The molecule has 132 valence electrons. The van der Waals surface area contributed by atoms with Crippen LogP contribution in [0.25, 0.3) is 0 Å². The highest BCUT2D eigenvalue weighted by molar-refractivity contribution is 6.04. The number of nitrogens with one attached hydrogen (secondary N) is 2. The lowest BCUT2D eigenvalue weighted by molar-refractivity contribution is 0.102. The summed E-state index contributed by atoms with van der Waals surface area (Å²) in [5.41, 5.74) is 2.02. The van der Waals surface area contributed by atoms with Crippen LogP contribution in [0.3, 0.4) is 0 Å². The number of carbonyl (C=O) groups is 1. The Bertz CT molecular complexity index is 889. The normalized spacial score (nSPS) is 10.4. The molecule has 3 rings (SSSR count). The van der Waals surface area contributed by atoms with E-state index in [1.54, 1.807) is 12.1 Å². The van der Waals surface area contributed by atoms with Gasteiger partial charge in [-0.2, -0.15) is 0 Å². The number of carbonyl (C=O) groups excluding carboxylic acids is 1. The summed E-state index contributed by atoms with van der Waals surface area (Å²) in [6, 6.07) is 14.7. The van der Waals surface area contributed by atoms with Crippen LogP contribution >= 0.6 is 0 Å². The van der Waals surface area contributed by atoms with E-state index in [9.17, 15) is 13.6 Å². The van der Waals surface area contributed by atoms with Crippen molar-refractivity contribution in [2.75, 3.05) is 10.6 Å². The summed E-state index contributed by atoms with van der Waals surface area (Å²) in [7, 11) is 0. The maximum atomic E-state index is 13.6. The second kappa shape index (κ2) is 7.74. The number of pyridine rings is 1. The van der Waals surface area contributed by atoms with Gasteiger partial charge in [0.15, 0.2) is 0 Å². The number of nitrogens with zero attached hydrogens (tertiary/aromatic N) is 1. The molecule has 0 spiro atoms. The molecule has 1 aromatic heterocycles. The average Bonchev–Trinajstić information content (AvgIpc) is 2.65. The molecule has 0 atom stereocenters. The minimum absolute atomic E-state index is 0.202. The molecule has 1 heterocycles. The van der Waals surface area contributed by atoms with Crippen molar-refractivity contribution in [3.8, 4) is 0 Å². The van der Waals surface area contributed by atoms with Crippen LogP contribution in [0.15, 0.2) is 60.8 Å². The number of para-hydroxylation sites is 1. The first-order chi connectivity index (χ1) is 12.5. The molecule has 0 saturated heterocycles. The zero-order valence-electron chi connectivity index (χ0n) is 14.1. The van der Waals surface area contributed by atoms with Gasteiger partial charge in [0.05, 0.1) is 5.56 Å². The van der Waals surface area contributed by atoms with E-state index in [0.717, 1.165) is 17.7 Å². The minimum Gasteiger partial charge on any atom is -0.366 e. The zero-order valence-corrected chi connectivity index (χ0v) is 14.1. The van der Waals surface area contributed by atoms with Gasteiger partial charge in [0.2, 0.25) is 0 Å². The summed E-state index contributed by atoms with van der Waals surface area (Å²) in [5, 5.41) is 5.38. The third-order valence-corrected chi connectivity index (χ3v) is 3.82. The van der Waals surface area contributed by atoms with E-state index in [-0.39, 0.29) is 5.56 Å². The minimum atomic E-state index is -0.831. The van der Waals surface area contributed by atoms with E-state index in [1.165, 1.54) is 17.8 Å². The number of hydrogen-bond donors (Lipinski definition) is 2. The molecule has 0 unspecified atom stereocenters.